The number of benzene rings is 1. The fourth-order valence-electron chi connectivity index (χ4n) is 8.20. The smallest absolute Gasteiger partial charge is 0.321 e. The van der Waals surface area contributed by atoms with E-state index in [1.54, 1.807) is 0 Å². The zero-order valence-corrected chi connectivity index (χ0v) is 18.3. The molecule has 0 amide bonds. The Labute approximate surface area is 182 Å². The number of anilines is 1. The number of ether oxygens (including phenoxy) is 1. The summed E-state index contributed by atoms with van der Waals surface area (Å²) < 4.78 is 6.19. The van der Waals surface area contributed by atoms with Gasteiger partial charge in [0.05, 0.1) is 11.5 Å². The number of piperidine rings is 4. The van der Waals surface area contributed by atoms with E-state index in [1.165, 1.54) is 11.3 Å². The van der Waals surface area contributed by atoms with Gasteiger partial charge in [0.15, 0.2) is 0 Å². The predicted octanol–water partition coefficient (Wildman–Crippen LogP) is 2.77. The molecule has 29 heavy (non-hydrogen) atoms. The number of nitrogens with zero attached hydrogens (tertiary/aromatic N) is 2. The highest BCUT2D eigenvalue weighted by molar-refractivity contribution is 6.26. The second-order valence-corrected chi connectivity index (χ2v) is 9.67. The Morgan fingerprint density at radius 3 is 2.83 bits per heavy atom. The number of likely N-dealkylation sites (N-methyl/N-ethyl adjacent to an activating group) is 1. The van der Waals surface area contributed by atoms with Crippen LogP contribution in [0, 0.1) is 17.8 Å². The highest BCUT2D eigenvalue weighted by Gasteiger charge is 2.77. The van der Waals surface area contributed by atoms with E-state index in [1.807, 2.05) is 0 Å². The van der Waals surface area contributed by atoms with Gasteiger partial charge < -0.3 is 14.7 Å². The molecule has 158 valence electrons. The third kappa shape index (κ3) is 2.13. The molecule has 1 aromatic rings. The number of alkyl halides is 1. The summed E-state index contributed by atoms with van der Waals surface area (Å²) >= 11 is 5.87. The Hall–Kier alpha value is -1.01. The van der Waals surface area contributed by atoms with E-state index in [4.69, 9.17) is 16.3 Å². The normalized spacial score (nSPS) is 47.6. The average molecular weight is 439 g/mol. The zero-order valence-electron chi connectivity index (χ0n) is 16.7. The van der Waals surface area contributed by atoms with Crippen LogP contribution < -0.4 is 4.90 Å². The number of hydrogen-bond acceptors (Lipinski definition) is 5. The van der Waals surface area contributed by atoms with Gasteiger partial charge in [-0.25, -0.2) is 0 Å². The number of rotatable bonds is 3. The van der Waals surface area contributed by atoms with Gasteiger partial charge in [-0.1, -0.05) is 25.1 Å². The van der Waals surface area contributed by atoms with E-state index in [0.29, 0.717) is 12.0 Å². The number of aliphatic hydroxyl groups is 1. The maximum atomic E-state index is 12.4. The predicted molar refractivity (Wildman–Crippen MR) is 114 cm³/mol. The quantitative estimate of drug-likeness (QED) is 0.580. The number of hydrogen-bond donors (Lipinski definition) is 1. The summed E-state index contributed by atoms with van der Waals surface area (Å²) in [5.74, 6) is 0.510. The molecule has 0 aromatic heterocycles. The first-order chi connectivity index (χ1) is 13.5. The number of esters is 1. The second kappa shape index (κ2) is 6.49. The molecule has 5 nitrogen and oxygen atoms in total. The molecule has 2 unspecified atom stereocenters. The van der Waals surface area contributed by atoms with Gasteiger partial charge in [0.1, 0.15) is 18.2 Å². The molecule has 4 saturated heterocycles. The van der Waals surface area contributed by atoms with Gasteiger partial charge in [0.2, 0.25) is 0 Å². The van der Waals surface area contributed by atoms with Gasteiger partial charge in [0.25, 0.3) is 0 Å². The Morgan fingerprint density at radius 1 is 1.34 bits per heavy atom. The monoisotopic (exact) mass is 438 g/mol. The first-order valence-electron chi connectivity index (χ1n) is 10.6. The van der Waals surface area contributed by atoms with Crippen LogP contribution in [0.3, 0.4) is 0 Å². The van der Waals surface area contributed by atoms with Crippen LogP contribution in [0.15, 0.2) is 24.3 Å². The van der Waals surface area contributed by atoms with Gasteiger partial charge in [-0.2, -0.15) is 0 Å². The highest BCUT2D eigenvalue weighted by atomic mass is 35.5. The second-order valence-electron chi connectivity index (χ2n) is 9.41. The number of halogens is 2. The average Bonchev–Trinajstić information content (AvgIpc) is 3.10. The van der Waals surface area contributed by atoms with E-state index < -0.39 is 0 Å². The SMILES string of the molecule is CC[C@H]1[C@@H]2C[C@H]3[C@@H]4N(C)c5ccccc5[C@]45C[C@@H](C2[C@H]5OC(=O)CCl)N3[C@@H]1O.Cl. The molecule has 7 rings (SSSR count). The molecule has 1 saturated carbocycles. The summed E-state index contributed by atoms with van der Waals surface area (Å²) in [5, 5.41) is 11.2. The van der Waals surface area contributed by atoms with Crippen LogP contribution in [0.5, 0.6) is 0 Å². The Bertz CT molecular complexity index is 853. The summed E-state index contributed by atoms with van der Waals surface area (Å²) in [6, 6.07) is 9.40. The number of carbonyl (C=O) groups is 1. The Balaban J connectivity index is 0.00000181. The molecule has 5 bridgehead atoms. The molecule has 5 heterocycles. The molecule has 1 N–H and O–H groups in total. The third-order valence-corrected chi connectivity index (χ3v) is 9.01. The van der Waals surface area contributed by atoms with Crippen molar-refractivity contribution in [3.05, 3.63) is 29.8 Å². The minimum atomic E-state index is -0.382. The Kier molecular flexibility index (Phi) is 4.46. The summed E-state index contributed by atoms with van der Waals surface area (Å²) in [5.41, 5.74) is 2.36. The van der Waals surface area contributed by atoms with Crippen molar-refractivity contribution in [3.63, 3.8) is 0 Å². The molecular formula is C22H28Cl2N2O3. The maximum absolute atomic E-state index is 12.4. The first-order valence-corrected chi connectivity index (χ1v) is 11.1. The van der Waals surface area contributed by atoms with Crippen LogP contribution in [0.1, 0.15) is 31.7 Å². The number of para-hydroxylation sites is 1. The van der Waals surface area contributed by atoms with E-state index in [2.05, 4.69) is 48.0 Å². The molecule has 5 aliphatic heterocycles. The molecule has 1 aromatic carbocycles. The van der Waals surface area contributed by atoms with Crippen molar-refractivity contribution in [1.82, 2.24) is 4.90 Å². The summed E-state index contributed by atoms with van der Waals surface area (Å²) in [4.78, 5) is 17.2. The van der Waals surface area contributed by atoms with Crippen molar-refractivity contribution in [3.8, 4) is 0 Å². The fraction of sp³-hybridized carbons (Fsp3) is 0.682. The summed E-state index contributed by atoms with van der Waals surface area (Å²) in [7, 11) is 2.17. The molecule has 7 heteroatoms. The van der Waals surface area contributed by atoms with Gasteiger partial charge in [-0.15, -0.1) is 24.0 Å². The third-order valence-electron chi connectivity index (χ3n) is 8.79. The van der Waals surface area contributed by atoms with E-state index >= 15 is 0 Å². The van der Waals surface area contributed by atoms with Crippen LogP contribution >= 0.6 is 24.0 Å². The molecule has 5 fully saturated rings. The first kappa shape index (κ1) is 19.9. The van der Waals surface area contributed by atoms with Gasteiger partial charge >= 0.3 is 5.97 Å². The van der Waals surface area contributed by atoms with E-state index in [0.717, 1.165) is 19.3 Å². The lowest BCUT2D eigenvalue weighted by Gasteiger charge is -2.62. The number of carbonyl (C=O) groups excluding carboxylic acids is 1. The lowest BCUT2D eigenvalue weighted by molar-refractivity contribution is -0.212. The van der Waals surface area contributed by atoms with Crippen molar-refractivity contribution in [2.75, 3.05) is 17.8 Å². The molecule has 6 aliphatic rings. The van der Waals surface area contributed by atoms with E-state index in [-0.39, 0.29) is 65.9 Å². The molecule has 0 radical (unpaired) electrons. The van der Waals surface area contributed by atoms with Crippen molar-refractivity contribution in [2.24, 2.45) is 17.8 Å². The van der Waals surface area contributed by atoms with Crippen LogP contribution in [0.25, 0.3) is 0 Å². The van der Waals surface area contributed by atoms with Crippen molar-refractivity contribution in [1.29, 1.82) is 0 Å². The minimum Gasteiger partial charge on any atom is -0.460 e. The van der Waals surface area contributed by atoms with Crippen molar-refractivity contribution < 1.29 is 14.6 Å². The molecule has 1 spiro atoms. The fourth-order valence-corrected chi connectivity index (χ4v) is 8.26. The van der Waals surface area contributed by atoms with Crippen LogP contribution in [0.2, 0.25) is 0 Å². The van der Waals surface area contributed by atoms with Gasteiger partial charge in [-0.05, 0) is 36.8 Å². The molecule has 10 atom stereocenters. The summed E-state index contributed by atoms with van der Waals surface area (Å²) in [6.45, 7) is 2.17. The lowest BCUT2D eigenvalue weighted by Crippen LogP contribution is -2.72. The van der Waals surface area contributed by atoms with Crippen LogP contribution in [-0.2, 0) is 14.9 Å². The zero-order chi connectivity index (χ0) is 19.4. The topological polar surface area (TPSA) is 53.0 Å². The number of aliphatic hydroxyl groups excluding tert-OH is 1. The van der Waals surface area contributed by atoms with Crippen LogP contribution in [0.4, 0.5) is 5.69 Å². The van der Waals surface area contributed by atoms with Crippen molar-refractivity contribution >= 4 is 35.7 Å². The lowest BCUT2D eigenvalue weighted by atomic mass is 9.62. The maximum Gasteiger partial charge on any atom is 0.321 e. The van der Waals surface area contributed by atoms with E-state index in [9.17, 15) is 9.90 Å². The number of fused-ring (bicyclic) bond motifs is 2. The van der Waals surface area contributed by atoms with Crippen LogP contribution in [-0.4, -0.2) is 59.4 Å². The summed E-state index contributed by atoms with van der Waals surface area (Å²) in [6.07, 6.45) is 2.44. The molecular weight excluding hydrogens is 411 g/mol. The standard InChI is InChI=1S/C22H27ClN2O3.ClH/c1-3-11-12-8-15-19-22(13-6-4-5-7-14(13)24(19)2)9-16(25(15)21(11)27)18(12)20(22)28-17(26)10-23;/h4-7,11-12,15-16,18-21,27H,3,8-10H2,1-2H3;1H/t11-,12-,15-,16-,18?,19-,20+,21+,22+;/m0./s1. The Morgan fingerprint density at radius 2 is 2.10 bits per heavy atom. The van der Waals surface area contributed by atoms with Gasteiger partial charge in [0, 0.05) is 36.7 Å². The van der Waals surface area contributed by atoms with Gasteiger partial charge in [-0.3, -0.25) is 9.69 Å². The molecule has 1 aliphatic carbocycles. The largest absolute Gasteiger partial charge is 0.460 e. The highest BCUT2D eigenvalue weighted by Crippen LogP contribution is 2.69. The van der Waals surface area contributed by atoms with Crippen molar-refractivity contribution in [2.45, 2.75) is 62.1 Å². The minimum absolute atomic E-state index is 0.